The molecule has 1 heterocycles. The van der Waals surface area contributed by atoms with E-state index in [0.29, 0.717) is 11.1 Å². The standard InChI is InChI=1S/C15H16F3NO7S/c1-3-25-13(20)12-7-10-6-11(26-27(22,23)15(16,17)18)5-4-9(10)8-19(12)14(21)24-2/h4-6,12H,3,7-8H2,1-2H3. The van der Waals surface area contributed by atoms with Gasteiger partial charge in [0.2, 0.25) is 0 Å². The first-order chi connectivity index (χ1) is 12.5. The van der Waals surface area contributed by atoms with Crippen LogP contribution in [0.5, 0.6) is 5.75 Å². The van der Waals surface area contributed by atoms with Crippen LogP contribution >= 0.6 is 0 Å². The van der Waals surface area contributed by atoms with Crippen molar-refractivity contribution in [2.75, 3.05) is 13.7 Å². The molecule has 0 aromatic heterocycles. The molecular weight excluding hydrogens is 395 g/mol. The number of hydrogen-bond acceptors (Lipinski definition) is 7. The lowest BCUT2D eigenvalue weighted by atomic mass is 9.94. The first kappa shape index (κ1) is 20.8. The van der Waals surface area contributed by atoms with Gasteiger partial charge in [-0.2, -0.15) is 21.6 Å². The molecule has 12 heteroatoms. The zero-order valence-electron chi connectivity index (χ0n) is 14.3. The fourth-order valence-electron chi connectivity index (χ4n) is 2.54. The van der Waals surface area contributed by atoms with Gasteiger partial charge in [-0.25, -0.2) is 9.59 Å². The Morgan fingerprint density at radius 3 is 2.48 bits per heavy atom. The fraction of sp³-hybridized carbons (Fsp3) is 0.467. The van der Waals surface area contributed by atoms with Gasteiger partial charge in [0, 0.05) is 6.42 Å². The molecule has 0 N–H and O–H groups in total. The summed E-state index contributed by atoms with van der Waals surface area (Å²) in [5, 5.41) is 0. The highest BCUT2D eigenvalue weighted by Crippen LogP contribution is 2.31. The largest absolute Gasteiger partial charge is 0.534 e. The maximum Gasteiger partial charge on any atom is 0.534 e. The molecule has 2 rings (SSSR count). The molecule has 1 amide bonds. The highest BCUT2D eigenvalue weighted by molar-refractivity contribution is 7.88. The maximum atomic E-state index is 12.5. The number of alkyl halides is 3. The van der Waals surface area contributed by atoms with Crippen LogP contribution in [-0.4, -0.2) is 50.6 Å². The number of rotatable bonds is 4. The number of carbonyl (C=O) groups is 2. The predicted octanol–water partition coefficient (Wildman–Crippen LogP) is 1.97. The SMILES string of the molecule is CCOC(=O)C1Cc2cc(OS(=O)(=O)C(F)(F)F)ccc2CN1C(=O)OC. The van der Waals surface area contributed by atoms with E-state index in [2.05, 4.69) is 8.92 Å². The Morgan fingerprint density at radius 1 is 1.26 bits per heavy atom. The van der Waals surface area contributed by atoms with E-state index >= 15 is 0 Å². The minimum atomic E-state index is -5.82. The molecule has 1 aliphatic heterocycles. The van der Waals surface area contributed by atoms with E-state index in [4.69, 9.17) is 4.74 Å². The average Bonchev–Trinajstić information content (AvgIpc) is 2.58. The van der Waals surface area contributed by atoms with Crippen molar-refractivity contribution in [3.63, 3.8) is 0 Å². The highest BCUT2D eigenvalue weighted by atomic mass is 32.2. The first-order valence-corrected chi connectivity index (χ1v) is 9.04. The Kier molecular flexibility index (Phi) is 5.88. The molecule has 1 atom stereocenters. The van der Waals surface area contributed by atoms with Crippen LogP contribution in [0.1, 0.15) is 18.1 Å². The third-order valence-electron chi connectivity index (χ3n) is 3.77. The molecule has 1 aromatic rings. The van der Waals surface area contributed by atoms with E-state index in [1.54, 1.807) is 6.92 Å². The van der Waals surface area contributed by atoms with Crippen molar-refractivity contribution in [1.82, 2.24) is 4.90 Å². The first-order valence-electron chi connectivity index (χ1n) is 7.64. The quantitative estimate of drug-likeness (QED) is 0.424. The molecule has 150 valence electrons. The Bertz CT molecular complexity index is 838. The smallest absolute Gasteiger partial charge is 0.464 e. The topological polar surface area (TPSA) is 99.2 Å². The van der Waals surface area contributed by atoms with Crippen molar-refractivity contribution >= 4 is 22.2 Å². The second-order valence-corrected chi connectivity index (χ2v) is 7.02. The Hall–Kier alpha value is -2.50. The normalized spacial score (nSPS) is 17.1. The number of ether oxygens (including phenoxy) is 2. The van der Waals surface area contributed by atoms with Crippen LogP contribution in [0, 0.1) is 0 Å². The average molecular weight is 411 g/mol. The zero-order chi connectivity index (χ0) is 20.4. The van der Waals surface area contributed by atoms with Crippen molar-refractivity contribution in [3.05, 3.63) is 29.3 Å². The van der Waals surface area contributed by atoms with E-state index in [0.717, 1.165) is 24.1 Å². The molecule has 1 unspecified atom stereocenters. The third kappa shape index (κ3) is 4.43. The van der Waals surface area contributed by atoms with E-state index in [9.17, 15) is 31.2 Å². The third-order valence-corrected chi connectivity index (χ3v) is 4.74. The Balaban J connectivity index is 2.35. The summed E-state index contributed by atoms with van der Waals surface area (Å²) in [6.45, 7) is 1.56. The Labute approximate surface area is 152 Å². The number of hydrogen-bond donors (Lipinski definition) is 0. The van der Waals surface area contributed by atoms with Crippen molar-refractivity contribution in [3.8, 4) is 5.75 Å². The molecule has 0 spiro atoms. The highest BCUT2D eigenvalue weighted by Gasteiger charge is 2.48. The lowest BCUT2D eigenvalue weighted by Crippen LogP contribution is -2.49. The summed E-state index contributed by atoms with van der Waals surface area (Å²) in [6.07, 6.45) is -0.884. The number of esters is 1. The number of fused-ring (bicyclic) bond motifs is 1. The second-order valence-electron chi connectivity index (χ2n) is 5.48. The molecule has 1 aliphatic rings. The summed E-state index contributed by atoms with van der Waals surface area (Å²) in [5.74, 6) is -1.28. The Morgan fingerprint density at radius 2 is 1.93 bits per heavy atom. The van der Waals surface area contributed by atoms with Crippen LogP contribution in [0.2, 0.25) is 0 Å². The van der Waals surface area contributed by atoms with E-state index in [1.165, 1.54) is 6.07 Å². The van der Waals surface area contributed by atoms with Gasteiger partial charge in [-0.15, -0.1) is 0 Å². The van der Waals surface area contributed by atoms with E-state index < -0.39 is 39.5 Å². The molecule has 0 fully saturated rings. The lowest BCUT2D eigenvalue weighted by molar-refractivity contribution is -0.149. The molecule has 0 saturated carbocycles. The second kappa shape index (κ2) is 7.62. The summed E-state index contributed by atoms with van der Waals surface area (Å²) in [6, 6.07) is 2.36. The zero-order valence-corrected chi connectivity index (χ0v) is 15.1. The van der Waals surface area contributed by atoms with Crippen LogP contribution < -0.4 is 4.18 Å². The molecule has 8 nitrogen and oxygen atoms in total. The van der Waals surface area contributed by atoms with Crippen LogP contribution in [0.3, 0.4) is 0 Å². The van der Waals surface area contributed by atoms with Crippen LogP contribution in [0.4, 0.5) is 18.0 Å². The summed E-state index contributed by atoms with van der Waals surface area (Å²) in [4.78, 5) is 25.2. The van der Waals surface area contributed by atoms with Gasteiger partial charge in [-0.05, 0) is 30.2 Å². The molecule has 0 saturated heterocycles. The van der Waals surface area contributed by atoms with Gasteiger partial charge in [0.15, 0.2) is 0 Å². The lowest BCUT2D eigenvalue weighted by Gasteiger charge is -2.34. The molecular formula is C15H16F3NO7S. The molecule has 0 bridgehead atoms. The van der Waals surface area contributed by atoms with Crippen LogP contribution in [-0.2, 0) is 37.4 Å². The summed E-state index contributed by atoms with van der Waals surface area (Å²) in [7, 11) is -4.68. The number of halogens is 3. The molecule has 0 radical (unpaired) electrons. The van der Waals surface area contributed by atoms with E-state index in [-0.39, 0.29) is 19.6 Å². The minimum Gasteiger partial charge on any atom is -0.464 e. The van der Waals surface area contributed by atoms with Gasteiger partial charge in [0.25, 0.3) is 0 Å². The van der Waals surface area contributed by atoms with Crippen molar-refractivity contribution in [2.45, 2.75) is 31.4 Å². The number of benzene rings is 1. The summed E-state index contributed by atoms with van der Waals surface area (Å²) < 4.78 is 73.3. The van der Waals surface area contributed by atoms with Crippen molar-refractivity contribution in [1.29, 1.82) is 0 Å². The van der Waals surface area contributed by atoms with Crippen molar-refractivity contribution < 1.29 is 44.8 Å². The molecule has 27 heavy (non-hydrogen) atoms. The number of amides is 1. The number of carbonyl (C=O) groups excluding carboxylic acids is 2. The molecule has 1 aromatic carbocycles. The van der Waals surface area contributed by atoms with E-state index in [1.807, 2.05) is 0 Å². The summed E-state index contributed by atoms with van der Waals surface area (Å²) >= 11 is 0. The number of methoxy groups -OCH3 is 1. The van der Waals surface area contributed by atoms with Crippen LogP contribution in [0.15, 0.2) is 18.2 Å². The molecule has 0 aliphatic carbocycles. The van der Waals surface area contributed by atoms with Gasteiger partial charge in [0.1, 0.15) is 11.8 Å². The van der Waals surface area contributed by atoms with Gasteiger partial charge in [0.05, 0.1) is 20.3 Å². The monoisotopic (exact) mass is 411 g/mol. The van der Waals surface area contributed by atoms with Crippen LogP contribution in [0.25, 0.3) is 0 Å². The van der Waals surface area contributed by atoms with Gasteiger partial charge < -0.3 is 13.7 Å². The fourth-order valence-corrected chi connectivity index (χ4v) is 2.99. The van der Waals surface area contributed by atoms with Gasteiger partial charge >= 0.3 is 27.7 Å². The van der Waals surface area contributed by atoms with Crippen molar-refractivity contribution in [2.24, 2.45) is 0 Å². The van der Waals surface area contributed by atoms with Gasteiger partial charge in [-0.3, -0.25) is 4.90 Å². The summed E-state index contributed by atoms with van der Waals surface area (Å²) in [5.41, 5.74) is -4.72. The van der Waals surface area contributed by atoms with Gasteiger partial charge in [-0.1, -0.05) is 6.07 Å². The maximum absolute atomic E-state index is 12.5. The predicted molar refractivity (Wildman–Crippen MR) is 84.1 cm³/mol. The minimum absolute atomic E-state index is 0.0597. The number of nitrogens with zero attached hydrogens (tertiary/aromatic N) is 1.